The Morgan fingerprint density at radius 2 is 1.89 bits per heavy atom. The lowest BCUT2D eigenvalue weighted by Gasteiger charge is -2.24. The van der Waals surface area contributed by atoms with Gasteiger partial charge in [-0.1, -0.05) is 25.1 Å². The van der Waals surface area contributed by atoms with Crippen LogP contribution in [-0.4, -0.2) is 32.4 Å². The van der Waals surface area contributed by atoms with E-state index < -0.39 is 10.0 Å². The van der Waals surface area contributed by atoms with Crippen LogP contribution in [0.15, 0.2) is 29.2 Å². The molecule has 0 aliphatic rings. The normalized spacial score (nSPS) is 13.2. The number of rotatable bonds is 5. The maximum atomic E-state index is 12.4. The van der Waals surface area contributed by atoms with Crippen molar-refractivity contribution in [2.24, 2.45) is 5.73 Å². The molecule has 0 spiro atoms. The fraction of sp³-hybridized carbons (Fsp3) is 0.500. The van der Waals surface area contributed by atoms with Gasteiger partial charge in [-0.15, -0.1) is 12.4 Å². The molecule has 18 heavy (non-hydrogen) atoms. The molecule has 4 nitrogen and oxygen atoms in total. The van der Waals surface area contributed by atoms with Crippen molar-refractivity contribution in [1.29, 1.82) is 0 Å². The quantitative estimate of drug-likeness (QED) is 0.897. The lowest BCUT2D eigenvalue weighted by Crippen LogP contribution is -2.39. The van der Waals surface area contributed by atoms with E-state index in [1.165, 1.54) is 4.31 Å². The zero-order chi connectivity index (χ0) is 13.1. The topological polar surface area (TPSA) is 63.4 Å². The van der Waals surface area contributed by atoms with Gasteiger partial charge >= 0.3 is 0 Å². The number of hydrogen-bond acceptors (Lipinski definition) is 3. The van der Waals surface area contributed by atoms with E-state index in [-0.39, 0.29) is 18.4 Å². The number of hydrogen-bond donors (Lipinski definition) is 1. The number of nitrogens with zero attached hydrogens (tertiary/aromatic N) is 1. The lowest BCUT2D eigenvalue weighted by molar-refractivity contribution is 0.394. The Kier molecular flexibility index (Phi) is 6.84. The Morgan fingerprint density at radius 3 is 2.39 bits per heavy atom. The van der Waals surface area contributed by atoms with E-state index in [9.17, 15) is 8.42 Å². The second-order valence-corrected chi connectivity index (χ2v) is 6.03. The second kappa shape index (κ2) is 7.09. The number of sulfonamides is 1. The summed E-state index contributed by atoms with van der Waals surface area (Å²) >= 11 is 0. The van der Waals surface area contributed by atoms with Gasteiger partial charge < -0.3 is 5.73 Å². The Hall–Kier alpha value is -0.620. The molecular formula is C12H21ClN2O2S. The Morgan fingerprint density at radius 1 is 1.33 bits per heavy atom. The van der Waals surface area contributed by atoms with Crippen molar-refractivity contribution in [2.75, 3.05) is 13.6 Å². The Bertz CT molecular complexity index is 477. The highest BCUT2D eigenvalue weighted by atomic mass is 35.5. The minimum absolute atomic E-state index is 0. The van der Waals surface area contributed by atoms with Crippen LogP contribution in [0.1, 0.15) is 19.4 Å². The van der Waals surface area contributed by atoms with Gasteiger partial charge in [0, 0.05) is 19.6 Å². The van der Waals surface area contributed by atoms with Gasteiger partial charge in [0.15, 0.2) is 0 Å². The average molecular weight is 293 g/mol. The number of nitrogens with two attached hydrogens (primary N) is 1. The van der Waals surface area contributed by atoms with E-state index in [1.807, 2.05) is 19.1 Å². The molecule has 0 heterocycles. The van der Waals surface area contributed by atoms with Crippen molar-refractivity contribution in [3.05, 3.63) is 29.8 Å². The fourth-order valence-corrected chi connectivity index (χ4v) is 3.25. The predicted octanol–water partition coefficient (Wildman–Crippen LogP) is 1.64. The van der Waals surface area contributed by atoms with Crippen LogP contribution in [-0.2, 0) is 16.4 Å². The molecule has 0 saturated carbocycles. The van der Waals surface area contributed by atoms with E-state index in [1.54, 1.807) is 26.1 Å². The first-order valence-corrected chi connectivity index (χ1v) is 7.15. The highest BCUT2D eigenvalue weighted by Gasteiger charge is 2.26. The van der Waals surface area contributed by atoms with E-state index >= 15 is 0 Å². The smallest absolute Gasteiger partial charge is 0.243 e. The molecule has 1 aromatic rings. The second-order valence-electron chi connectivity index (χ2n) is 4.07. The van der Waals surface area contributed by atoms with Gasteiger partial charge in [0.2, 0.25) is 10.0 Å². The standard InChI is InChI=1S/C12H20N2O2S.ClH/c1-4-11-7-5-6-8-12(11)17(15,16)14(3)10(2)9-13;/h5-8,10H,4,9,13H2,1-3H3;1H. The summed E-state index contributed by atoms with van der Waals surface area (Å²) in [6.45, 7) is 4.05. The minimum atomic E-state index is -3.44. The summed E-state index contributed by atoms with van der Waals surface area (Å²) in [5, 5.41) is 0. The zero-order valence-corrected chi connectivity index (χ0v) is 12.6. The first kappa shape index (κ1) is 17.4. The molecule has 0 amide bonds. The zero-order valence-electron chi connectivity index (χ0n) is 11.0. The Labute approximate surface area is 116 Å². The van der Waals surface area contributed by atoms with Crippen LogP contribution in [0.5, 0.6) is 0 Å². The molecule has 6 heteroatoms. The molecule has 2 N–H and O–H groups in total. The molecule has 0 fully saturated rings. The van der Waals surface area contributed by atoms with E-state index in [2.05, 4.69) is 0 Å². The summed E-state index contributed by atoms with van der Waals surface area (Å²) in [4.78, 5) is 0.380. The highest BCUT2D eigenvalue weighted by Crippen LogP contribution is 2.20. The number of halogens is 1. The fourth-order valence-electron chi connectivity index (χ4n) is 1.59. The first-order chi connectivity index (χ1) is 7.95. The van der Waals surface area contributed by atoms with Gasteiger partial charge in [-0.3, -0.25) is 0 Å². The monoisotopic (exact) mass is 292 g/mol. The summed E-state index contributed by atoms with van der Waals surface area (Å²) in [7, 11) is -1.87. The molecule has 0 aromatic heterocycles. The summed E-state index contributed by atoms with van der Waals surface area (Å²) in [5.41, 5.74) is 6.35. The molecule has 0 bridgehead atoms. The van der Waals surface area contributed by atoms with Crippen molar-refractivity contribution < 1.29 is 8.42 Å². The lowest BCUT2D eigenvalue weighted by atomic mass is 10.2. The van der Waals surface area contributed by atoms with Crippen LogP contribution < -0.4 is 5.73 Å². The molecule has 104 valence electrons. The van der Waals surface area contributed by atoms with Gasteiger partial charge in [0.1, 0.15) is 0 Å². The molecule has 0 saturated heterocycles. The number of aryl methyl sites for hydroxylation is 1. The third-order valence-corrected chi connectivity index (χ3v) is 5.04. The average Bonchev–Trinajstić information content (AvgIpc) is 2.36. The van der Waals surface area contributed by atoms with Crippen LogP contribution in [0.4, 0.5) is 0 Å². The maximum Gasteiger partial charge on any atom is 0.243 e. The van der Waals surface area contributed by atoms with Crippen LogP contribution in [0.2, 0.25) is 0 Å². The van der Waals surface area contributed by atoms with E-state index in [0.717, 1.165) is 5.56 Å². The van der Waals surface area contributed by atoms with Gasteiger partial charge in [-0.25, -0.2) is 8.42 Å². The minimum Gasteiger partial charge on any atom is -0.329 e. The van der Waals surface area contributed by atoms with E-state index in [0.29, 0.717) is 17.9 Å². The molecule has 0 aliphatic carbocycles. The molecule has 0 aliphatic heterocycles. The maximum absolute atomic E-state index is 12.4. The number of benzene rings is 1. The van der Waals surface area contributed by atoms with Crippen molar-refractivity contribution >= 4 is 22.4 Å². The molecule has 1 aromatic carbocycles. The van der Waals surface area contributed by atoms with Crippen LogP contribution in [0.3, 0.4) is 0 Å². The van der Waals surface area contributed by atoms with Gasteiger partial charge in [-0.2, -0.15) is 4.31 Å². The SMILES string of the molecule is CCc1ccccc1S(=O)(=O)N(C)C(C)CN.Cl. The molecule has 0 radical (unpaired) electrons. The number of likely N-dealkylation sites (N-methyl/N-ethyl adjacent to an activating group) is 1. The highest BCUT2D eigenvalue weighted by molar-refractivity contribution is 7.89. The van der Waals surface area contributed by atoms with Crippen molar-refractivity contribution in [2.45, 2.75) is 31.2 Å². The Balaban J connectivity index is 0.00000289. The predicted molar refractivity (Wildman–Crippen MR) is 76.5 cm³/mol. The largest absolute Gasteiger partial charge is 0.329 e. The summed E-state index contributed by atoms with van der Waals surface area (Å²) in [6.07, 6.45) is 0.695. The third-order valence-electron chi connectivity index (χ3n) is 2.97. The van der Waals surface area contributed by atoms with E-state index in [4.69, 9.17) is 5.73 Å². The van der Waals surface area contributed by atoms with Crippen LogP contribution in [0, 0.1) is 0 Å². The molecule has 1 unspecified atom stereocenters. The van der Waals surface area contributed by atoms with Gasteiger partial charge in [0.25, 0.3) is 0 Å². The van der Waals surface area contributed by atoms with Gasteiger partial charge in [-0.05, 0) is 25.0 Å². The van der Waals surface area contributed by atoms with Crippen LogP contribution in [0.25, 0.3) is 0 Å². The van der Waals surface area contributed by atoms with Crippen LogP contribution >= 0.6 is 12.4 Å². The summed E-state index contributed by atoms with van der Waals surface area (Å²) < 4.78 is 26.1. The molecule has 1 rings (SSSR count). The van der Waals surface area contributed by atoms with Crippen molar-refractivity contribution in [3.63, 3.8) is 0 Å². The summed E-state index contributed by atoms with van der Waals surface area (Å²) in [6, 6.07) is 6.88. The molecular weight excluding hydrogens is 272 g/mol. The molecule has 1 atom stereocenters. The summed E-state index contributed by atoms with van der Waals surface area (Å²) in [5.74, 6) is 0. The van der Waals surface area contributed by atoms with Crippen molar-refractivity contribution in [3.8, 4) is 0 Å². The first-order valence-electron chi connectivity index (χ1n) is 5.71. The third kappa shape index (κ3) is 3.45. The van der Waals surface area contributed by atoms with Crippen molar-refractivity contribution in [1.82, 2.24) is 4.31 Å². The van der Waals surface area contributed by atoms with Gasteiger partial charge in [0.05, 0.1) is 4.90 Å².